The van der Waals surface area contributed by atoms with Crippen molar-refractivity contribution in [3.8, 4) is 0 Å². The molecule has 0 saturated carbocycles. The quantitative estimate of drug-likeness (QED) is 0.859. The molecule has 0 spiro atoms. The fraction of sp³-hybridized carbons (Fsp3) is 0.350. The van der Waals surface area contributed by atoms with Crippen LogP contribution in [0.3, 0.4) is 0 Å². The third kappa shape index (κ3) is 4.44. The zero-order chi connectivity index (χ0) is 17.6. The average molecular weight is 337 g/mol. The molecular formula is C20H23N3O2. The molecule has 0 radical (unpaired) electrons. The molecule has 0 bridgehead atoms. The minimum atomic E-state index is -0.266. The highest BCUT2D eigenvalue weighted by Gasteiger charge is 2.14. The Morgan fingerprint density at radius 3 is 2.52 bits per heavy atom. The molecule has 1 aliphatic heterocycles. The summed E-state index contributed by atoms with van der Waals surface area (Å²) in [5.74, 6) is -0.297. The molecule has 2 aromatic rings. The first-order valence-electron chi connectivity index (χ1n) is 8.77. The topological polar surface area (TPSA) is 62.3 Å². The molecule has 130 valence electrons. The summed E-state index contributed by atoms with van der Waals surface area (Å²) in [5, 5.41) is 2.82. The summed E-state index contributed by atoms with van der Waals surface area (Å²) < 4.78 is 0. The molecule has 1 aromatic heterocycles. The molecule has 1 saturated heterocycles. The van der Waals surface area contributed by atoms with Crippen molar-refractivity contribution >= 4 is 23.1 Å². The Labute approximate surface area is 148 Å². The van der Waals surface area contributed by atoms with Crippen LogP contribution in [0.1, 0.15) is 53.5 Å². The smallest absolute Gasteiger partial charge is 0.274 e. The standard InChI is InChI=1S/C20H23N3O2/c1-15(24)16-7-6-8-17(13-16)22-20(25)19-14-18(9-10-21-19)23-11-4-2-3-5-12-23/h6-10,13-14H,2-5,11-12H2,1H3,(H,22,25). The number of anilines is 2. The molecule has 1 aliphatic rings. The summed E-state index contributed by atoms with van der Waals surface area (Å²) in [6.45, 7) is 3.55. The van der Waals surface area contributed by atoms with Crippen LogP contribution in [-0.2, 0) is 0 Å². The fourth-order valence-corrected chi connectivity index (χ4v) is 3.08. The Balaban J connectivity index is 1.75. The molecule has 25 heavy (non-hydrogen) atoms. The van der Waals surface area contributed by atoms with Gasteiger partial charge in [-0.1, -0.05) is 25.0 Å². The second-order valence-corrected chi connectivity index (χ2v) is 6.39. The lowest BCUT2D eigenvalue weighted by Gasteiger charge is -2.22. The third-order valence-corrected chi connectivity index (χ3v) is 4.47. The Hall–Kier alpha value is -2.69. The van der Waals surface area contributed by atoms with Gasteiger partial charge in [0, 0.05) is 36.2 Å². The number of nitrogens with zero attached hydrogens (tertiary/aromatic N) is 2. The highest BCUT2D eigenvalue weighted by molar-refractivity contribution is 6.04. The Bertz CT molecular complexity index is 765. The number of amides is 1. The van der Waals surface area contributed by atoms with Crippen molar-refractivity contribution in [3.63, 3.8) is 0 Å². The van der Waals surface area contributed by atoms with Gasteiger partial charge in [0.25, 0.3) is 5.91 Å². The highest BCUT2D eigenvalue weighted by atomic mass is 16.2. The van der Waals surface area contributed by atoms with Crippen LogP contribution in [0.15, 0.2) is 42.6 Å². The molecular weight excluding hydrogens is 314 g/mol. The maximum atomic E-state index is 12.5. The number of hydrogen-bond acceptors (Lipinski definition) is 4. The second kappa shape index (κ2) is 7.92. The van der Waals surface area contributed by atoms with Crippen molar-refractivity contribution in [3.05, 3.63) is 53.9 Å². The maximum Gasteiger partial charge on any atom is 0.274 e. The van der Waals surface area contributed by atoms with Crippen LogP contribution in [0.25, 0.3) is 0 Å². The molecule has 2 heterocycles. The van der Waals surface area contributed by atoms with Crippen molar-refractivity contribution in [1.82, 2.24) is 4.98 Å². The van der Waals surface area contributed by atoms with Crippen LogP contribution in [-0.4, -0.2) is 29.8 Å². The van der Waals surface area contributed by atoms with E-state index in [1.807, 2.05) is 12.1 Å². The number of Topliss-reactive ketones (excluding diaryl/α,β-unsaturated/α-hetero) is 1. The van der Waals surface area contributed by atoms with Gasteiger partial charge in [-0.2, -0.15) is 0 Å². The number of carbonyl (C=O) groups is 2. The van der Waals surface area contributed by atoms with E-state index in [0.717, 1.165) is 18.8 Å². The first kappa shape index (κ1) is 17.1. The number of pyridine rings is 1. The van der Waals surface area contributed by atoms with Gasteiger partial charge in [0.1, 0.15) is 5.69 Å². The molecule has 3 rings (SSSR count). The predicted octanol–water partition coefficient (Wildman–Crippen LogP) is 3.92. The molecule has 1 amide bonds. The normalized spacial score (nSPS) is 14.7. The van der Waals surface area contributed by atoms with Gasteiger partial charge in [-0.3, -0.25) is 14.6 Å². The number of benzene rings is 1. The van der Waals surface area contributed by atoms with Crippen molar-refractivity contribution in [2.24, 2.45) is 0 Å². The van der Waals surface area contributed by atoms with Gasteiger partial charge in [-0.05, 0) is 44.0 Å². The van der Waals surface area contributed by atoms with E-state index in [9.17, 15) is 9.59 Å². The van der Waals surface area contributed by atoms with Gasteiger partial charge in [0.15, 0.2) is 5.78 Å². The van der Waals surface area contributed by atoms with Gasteiger partial charge in [0.2, 0.25) is 0 Å². The van der Waals surface area contributed by atoms with E-state index in [0.29, 0.717) is 16.9 Å². The second-order valence-electron chi connectivity index (χ2n) is 6.39. The van der Waals surface area contributed by atoms with Gasteiger partial charge in [-0.15, -0.1) is 0 Å². The van der Waals surface area contributed by atoms with Crippen LogP contribution in [0.4, 0.5) is 11.4 Å². The van der Waals surface area contributed by atoms with Crippen LogP contribution in [0, 0.1) is 0 Å². The largest absolute Gasteiger partial charge is 0.371 e. The Morgan fingerprint density at radius 2 is 1.80 bits per heavy atom. The van der Waals surface area contributed by atoms with Crippen molar-refractivity contribution in [1.29, 1.82) is 0 Å². The Kier molecular flexibility index (Phi) is 5.43. The lowest BCUT2D eigenvalue weighted by Crippen LogP contribution is -2.24. The number of rotatable bonds is 4. The zero-order valence-electron chi connectivity index (χ0n) is 14.5. The summed E-state index contributed by atoms with van der Waals surface area (Å²) in [4.78, 5) is 30.5. The summed E-state index contributed by atoms with van der Waals surface area (Å²) in [5.41, 5.74) is 2.60. The van der Waals surface area contributed by atoms with Gasteiger partial charge < -0.3 is 10.2 Å². The highest BCUT2D eigenvalue weighted by Crippen LogP contribution is 2.20. The molecule has 1 N–H and O–H groups in total. The van der Waals surface area contributed by atoms with Crippen molar-refractivity contribution in [2.45, 2.75) is 32.6 Å². The number of ketones is 1. The molecule has 1 fully saturated rings. The molecule has 0 atom stereocenters. The van der Waals surface area contributed by atoms with Crippen LogP contribution in [0.5, 0.6) is 0 Å². The molecule has 1 aromatic carbocycles. The average Bonchev–Trinajstić information content (AvgIpc) is 2.91. The van der Waals surface area contributed by atoms with E-state index in [-0.39, 0.29) is 11.7 Å². The lowest BCUT2D eigenvalue weighted by molar-refractivity contribution is 0.100. The number of nitrogens with one attached hydrogen (secondary N) is 1. The molecule has 5 heteroatoms. The van der Waals surface area contributed by atoms with Gasteiger partial charge in [-0.25, -0.2) is 0 Å². The van der Waals surface area contributed by atoms with E-state index >= 15 is 0 Å². The summed E-state index contributed by atoms with van der Waals surface area (Å²) in [7, 11) is 0. The molecule has 0 unspecified atom stereocenters. The SMILES string of the molecule is CC(=O)c1cccc(NC(=O)c2cc(N3CCCCCC3)ccn2)c1. The van der Waals surface area contributed by atoms with Gasteiger partial charge in [0.05, 0.1) is 0 Å². The lowest BCUT2D eigenvalue weighted by atomic mass is 10.1. The summed E-state index contributed by atoms with van der Waals surface area (Å²) in [6, 6.07) is 10.7. The number of aromatic nitrogens is 1. The van der Waals surface area contributed by atoms with Gasteiger partial charge >= 0.3 is 0 Å². The first-order chi connectivity index (χ1) is 12.1. The minimum absolute atomic E-state index is 0.0302. The summed E-state index contributed by atoms with van der Waals surface area (Å²) >= 11 is 0. The zero-order valence-corrected chi connectivity index (χ0v) is 14.5. The fourth-order valence-electron chi connectivity index (χ4n) is 3.08. The van der Waals surface area contributed by atoms with E-state index in [4.69, 9.17) is 0 Å². The Morgan fingerprint density at radius 1 is 1.04 bits per heavy atom. The first-order valence-corrected chi connectivity index (χ1v) is 8.77. The van der Waals surface area contributed by atoms with Crippen molar-refractivity contribution in [2.75, 3.05) is 23.3 Å². The monoisotopic (exact) mass is 337 g/mol. The predicted molar refractivity (Wildman–Crippen MR) is 99.3 cm³/mol. The van der Waals surface area contributed by atoms with Crippen LogP contribution in [0.2, 0.25) is 0 Å². The molecule has 5 nitrogen and oxygen atoms in total. The number of carbonyl (C=O) groups excluding carboxylic acids is 2. The summed E-state index contributed by atoms with van der Waals surface area (Å²) in [6.07, 6.45) is 6.58. The van der Waals surface area contributed by atoms with E-state index in [1.165, 1.54) is 32.6 Å². The number of hydrogen-bond donors (Lipinski definition) is 1. The van der Waals surface area contributed by atoms with Crippen molar-refractivity contribution < 1.29 is 9.59 Å². The van der Waals surface area contributed by atoms with Crippen LogP contribution < -0.4 is 10.2 Å². The maximum absolute atomic E-state index is 12.5. The van der Waals surface area contributed by atoms with E-state index in [1.54, 1.807) is 30.5 Å². The van der Waals surface area contributed by atoms with E-state index in [2.05, 4.69) is 15.2 Å². The molecule has 0 aliphatic carbocycles. The van der Waals surface area contributed by atoms with Crippen LogP contribution >= 0.6 is 0 Å². The third-order valence-electron chi connectivity index (χ3n) is 4.47. The van der Waals surface area contributed by atoms with E-state index < -0.39 is 0 Å². The minimum Gasteiger partial charge on any atom is -0.371 e.